The summed E-state index contributed by atoms with van der Waals surface area (Å²) < 4.78 is 17.4. The van der Waals surface area contributed by atoms with Crippen molar-refractivity contribution in [3.05, 3.63) is 89.4 Å². The van der Waals surface area contributed by atoms with Crippen LogP contribution in [0.25, 0.3) is 0 Å². The third-order valence-corrected chi connectivity index (χ3v) is 6.39. The topological polar surface area (TPSA) is 55.2 Å². The summed E-state index contributed by atoms with van der Waals surface area (Å²) in [4.78, 5) is 17.0. The molecule has 0 spiro atoms. The molecule has 2 aliphatic rings. The monoisotopic (exact) mass is 446 g/mol. The van der Waals surface area contributed by atoms with Gasteiger partial charge in [-0.1, -0.05) is 36.4 Å². The van der Waals surface area contributed by atoms with Crippen LogP contribution in [0, 0.1) is 0 Å². The van der Waals surface area contributed by atoms with Crippen molar-refractivity contribution in [2.75, 3.05) is 26.2 Å². The fraction of sp³-hybridized carbons (Fsp3) is 0.370. The second-order valence-corrected chi connectivity index (χ2v) is 8.77. The Morgan fingerprint density at radius 2 is 1.82 bits per heavy atom. The predicted octanol–water partition coefficient (Wildman–Crippen LogP) is 4.50. The van der Waals surface area contributed by atoms with Gasteiger partial charge in [0.2, 0.25) is 0 Å². The molecule has 3 heterocycles. The van der Waals surface area contributed by atoms with Crippen molar-refractivity contribution in [1.82, 2.24) is 9.80 Å². The first kappa shape index (κ1) is 21.7. The van der Waals surface area contributed by atoms with Crippen molar-refractivity contribution in [2.24, 2.45) is 0 Å². The Bertz CT molecular complexity index is 1040. The van der Waals surface area contributed by atoms with E-state index in [0.29, 0.717) is 38.2 Å². The van der Waals surface area contributed by atoms with Gasteiger partial charge in [0, 0.05) is 31.7 Å². The molecule has 0 radical (unpaired) electrons. The lowest BCUT2D eigenvalue weighted by molar-refractivity contribution is -0.00394. The molecule has 33 heavy (non-hydrogen) atoms. The highest BCUT2D eigenvalue weighted by molar-refractivity contribution is 5.91. The first-order chi connectivity index (χ1) is 16.2. The first-order valence-corrected chi connectivity index (χ1v) is 11.7. The summed E-state index contributed by atoms with van der Waals surface area (Å²) in [5.74, 6) is 1.13. The van der Waals surface area contributed by atoms with E-state index >= 15 is 0 Å². The summed E-state index contributed by atoms with van der Waals surface area (Å²) in [5, 5.41) is 0. The molecule has 2 aliphatic heterocycles. The molecule has 3 aromatic rings. The molecular weight excluding hydrogens is 416 g/mol. The summed E-state index contributed by atoms with van der Waals surface area (Å²) >= 11 is 0. The number of hydrogen-bond acceptors (Lipinski definition) is 5. The number of piperidine rings is 1. The molecule has 0 unspecified atom stereocenters. The van der Waals surface area contributed by atoms with Crippen LogP contribution in [0.5, 0.6) is 5.75 Å². The van der Waals surface area contributed by atoms with Gasteiger partial charge in [0.25, 0.3) is 5.91 Å². The van der Waals surface area contributed by atoms with Gasteiger partial charge < -0.3 is 18.8 Å². The van der Waals surface area contributed by atoms with Gasteiger partial charge in [0.05, 0.1) is 25.5 Å². The molecule has 172 valence electrons. The van der Waals surface area contributed by atoms with E-state index < -0.39 is 0 Å². The van der Waals surface area contributed by atoms with E-state index in [9.17, 15) is 4.79 Å². The van der Waals surface area contributed by atoms with Crippen molar-refractivity contribution in [2.45, 2.75) is 38.6 Å². The molecule has 0 bridgehead atoms. The van der Waals surface area contributed by atoms with E-state index in [1.54, 1.807) is 17.0 Å². The summed E-state index contributed by atoms with van der Waals surface area (Å²) in [5.41, 5.74) is 3.52. The Balaban J connectivity index is 1.16. The second kappa shape index (κ2) is 10.2. The average molecular weight is 447 g/mol. The van der Waals surface area contributed by atoms with Crippen LogP contribution in [-0.2, 0) is 24.4 Å². The van der Waals surface area contributed by atoms with Gasteiger partial charge in [0.1, 0.15) is 12.4 Å². The Morgan fingerprint density at radius 1 is 0.970 bits per heavy atom. The Labute approximate surface area is 194 Å². The molecule has 0 aliphatic carbocycles. The SMILES string of the molecule is O=C(c1ccco1)N1CCOc2ccc(CN3CCC(OCc4ccccc4)CC3)cc2C1. The Kier molecular flexibility index (Phi) is 6.74. The Hall–Kier alpha value is -3.09. The zero-order chi connectivity index (χ0) is 22.5. The number of furan rings is 1. The zero-order valence-corrected chi connectivity index (χ0v) is 18.8. The number of amides is 1. The molecule has 2 aromatic carbocycles. The van der Waals surface area contributed by atoms with E-state index in [1.165, 1.54) is 17.4 Å². The minimum absolute atomic E-state index is 0.0978. The van der Waals surface area contributed by atoms with E-state index in [-0.39, 0.29) is 5.91 Å². The maximum Gasteiger partial charge on any atom is 0.289 e. The van der Waals surface area contributed by atoms with Gasteiger partial charge in [-0.3, -0.25) is 9.69 Å². The Morgan fingerprint density at radius 3 is 2.61 bits per heavy atom. The molecule has 0 saturated carbocycles. The fourth-order valence-corrected chi connectivity index (χ4v) is 4.56. The first-order valence-electron chi connectivity index (χ1n) is 11.7. The van der Waals surface area contributed by atoms with Crippen LogP contribution in [-0.4, -0.2) is 48.1 Å². The van der Waals surface area contributed by atoms with Gasteiger partial charge >= 0.3 is 0 Å². The van der Waals surface area contributed by atoms with Crippen molar-refractivity contribution in [1.29, 1.82) is 0 Å². The van der Waals surface area contributed by atoms with Gasteiger partial charge in [0.15, 0.2) is 5.76 Å². The van der Waals surface area contributed by atoms with Gasteiger partial charge in [-0.15, -0.1) is 0 Å². The number of carbonyl (C=O) groups excluding carboxylic acids is 1. The summed E-state index contributed by atoms with van der Waals surface area (Å²) in [6.45, 7) is 5.17. The number of ether oxygens (including phenoxy) is 2. The largest absolute Gasteiger partial charge is 0.491 e. The minimum Gasteiger partial charge on any atom is -0.491 e. The highest BCUT2D eigenvalue weighted by atomic mass is 16.5. The number of carbonyl (C=O) groups is 1. The molecule has 1 fully saturated rings. The molecule has 1 amide bonds. The summed E-state index contributed by atoms with van der Waals surface area (Å²) in [6.07, 6.45) is 3.95. The average Bonchev–Trinajstić information content (AvgIpc) is 3.31. The minimum atomic E-state index is -0.0978. The van der Waals surface area contributed by atoms with E-state index in [2.05, 4.69) is 41.3 Å². The maximum atomic E-state index is 12.8. The standard InChI is InChI=1S/C27H30N2O4/c30-27(26-7-4-15-31-26)29-14-16-32-25-9-8-22(17-23(25)19-29)18-28-12-10-24(11-13-28)33-20-21-5-2-1-3-6-21/h1-9,15,17,24H,10-14,16,18-20H2. The summed E-state index contributed by atoms with van der Waals surface area (Å²) in [7, 11) is 0. The van der Waals surface area contributed by atoms with Crippen molar-refractivity contribution in [3.8, 4) is 5.75 Å². The summed E-state index contributed by atoms with van der Waals surface area (Å²) in [6, 6.07) is 20.2. The van der Waals surface area contributed by atoms with Crippen molar-refractivity contribution >= 4 is 5.91 Å². The van der Waals surface area contributed by atoms with Crippen molar-refractivity contribution in [3.63, 3.8) is 0 Å². The smallest absolute Gasteiger partial charge is 0.289 e. The third-order valence-electron chi connectivity index (χ3n) is 6.39. The number of nitrogens with zero attached hydrogens (tertiary/aromatic N) is 2. The number of benzene rings is 2. The van der Waals surface area contributed by atoms with Crippen LogP contribution in [0.3, 0.4) is 0 Å². The van der Waals surface area contributed by atoms with Crippen LogP contribution < -0.4 is 4.74 Å². The molecule has 6 heteroatoms. The molecular formula is C27H30N2O4. The van der Waals surface area contributed by atoms with Gasteiger partial charge in [-0.05, 0) is 48.2 Å². The lowest BCUT2D eigenvalue weighted by Gasteiger charge is -2.32. The lowest BCUT2D eigenvalue weighted by atomic mass is 10.0. The maximum absolute atomic E-state index is 12.8. The van der Waals surface area contributed by atoms with Gasteiger partial charge in [-0.2, -0.15) is 0 Å². The van der Waals surface area contributed by atoms with Crippen LogP contribution >= 0.6 is 0 Å². The number of hydrogen-bond donors (Lipinski definition) is 0. The molecule has 0 N–H and O–H groups in total. The molecule has 1 saturated heterocycles. The van der Waals surface area contributed by atoms with Crippen LogP contribution in [0.4, 0.5) is 0 Å². The molecule has 6 nitrogen and oxygen atoms in total. The molecule has 5 rings (SSSR count). The predicted molar refractivity (Wildman–Crippen MR) is 125 cm³/mol. The third kappa shape index (κ3) is 5.46. The van der Waals surface area contributed by atoms with Crippen LogP contribution in [0.2, 0.25) is 0 Å². The molecule has 0 atom stereocenters. The zero-order valence-electron chi connectivity index (χ0n) is 18.8. The number of likely N-dealkylation sites (tertiary alicyclic amines) is 1. The second-order valence-electron chi connectivity index (χ2n) is 8.77. The fourth-order valence-electron chi connectivity index (χ4n) is 4.56. The normalized spacial score (nSPS) is 17.3. The number of rotatable bonds is 6. The molecule has 1 aromatic heterocycles. The van der Waals surface area contributed by atoms with Crippen LogP contribution in [0.1, 0.15) is 40.1 Å². The highest BCUT2D eigenvalue weighted by Gasteiger charge is 2.24. The number of fused-ring (bicyclic) bond motifs is 1. The lowest BCUT2D eigenvalue weighted by Crippen LogP contribution is -2.36. The van der Waals surface area contributed by atoms with E-state index in [0.717, 1.165) is 43.8 Å². The van der Waals surface area contributed by atoms with Gasteiger partial charge in [-0.25, -0.2) is 0 Å². The highest BCUT2D eigenvalue weighted by Crippen LogP contribution is 2.27. The van der Waals surface area contributed by atoms with Crippen molar-refractivity contribution < 1.29 is 18.7 Å². The van der Waals surface area contributed by atoms with Crippen LogP contribution in [0.15, 0.2) is 71.3 Å². The quantitative estimate of drug-likeness (QED) is 0.558. The van der Waals surface area contributed by atoms with E-state index in [4.69, 9.17) is 13.9 Å². The van der Waals surface area contributed by atoms with E-state index in [1.807, 2.05) is 12.1 Å².